The van der Waals surface area contributed by atoms with E-state index in [0.29, 0.717) is 12.2 Å². The number of amides is 1. The number of nitrogens with one attached hydrogen (secondary N) is 2. The summed E-state index contributed by atoms with van der Waals surface area (Å²) in [5.41, 5.74) is 1.05. The minimum absolute atomic E-state index is 0.0151. The molecule has 1 amide bonds. The maximum Gasteiger partial charge on any atom is 0.254 e. The van der Waals surface area contributed by atoms with E-state index in [0.717, 1.165) is 5.56 Å². The maximum absolute atomic E-state index is 12.8. The summed E-state index contributed by atoms with van der Waals surface area (Å²) in [5, 5.41) is 2.48. The molecule has 0 radical (unpaired) electrons. The maximum atomic E-state index is 12.8. The predicted octanol–water partition coefficient (Wildman–Crippen LogP) is 2.48. The average Bonchev–Trinajstić information content (AvgIpc) is 2.65. The van der Waals surface area contributed by atoms with Crippen molar-refractivity contribution in [3.05, 3.63) is 59.7 Å². The Hall–Kier alpha value is -2.38. The second kappa shape index (κ2) is 8.13. The third kappa shape index (κ3) is 4.37. The molecule has 0 saturated carbocycles. The molecule has 0 saturated heterocycles. The highest BCUT2D eigenvalue weighted by Crippen LogP contribution is 2.25. The van der Waals surface area contributed by atoms with Crippen molar-refractivity contribution < 1.29 is 17.9 Å². The fourth-order valence-corrected chi connectivity index (χ4v) is 3.83. The Kier molecular flexibility index (Phi) is 6.17. The minimum Gasteiger partial charge on any atom is -0.496 e. The summed E-state index contributed by atoms with van der Waals surface area (Å²) < 4.78 is 33.3. The smallest absolute Gasteiger partial charge is 0.254 e. The average molecular weight is 362 g/mol. The molecule has 2 N–H and O–H groups in total. The molecule has 25 heavy (non-hydrogen) atoms. The number of hydrogen-bond acceptors (Lipinski definition) is 4. The van der Waals surface area contributed by atoms with Crippen molar-refractivity contribution in [2.45, 2.75) is 24.3 Å². The van der Waals surface area contributed by atoms with Gasteiger partial charge >= 0.3 is 0 Å². The number of benzene rings is 2. The molecule has 0 aromatic heterocycles. The largest absolute Gasteiger partial charge is 0.496 e. The van der Waals surface area contributed by atoms with Gasteiger partial charge < -0.3 is 10.1 Å². The summed E-state index contributed by atoms with van der Waals surface area (Å²) in [4.78, 5) is 12.0. The zero-order chi connectivity index (χ0) is 18.4. The van der Waals surface area contributed by atoms with Crippen molar-refractivity contribution in [2.24, 2.45) is 0 Å². The van der Waals surface area contributed by atoms with Crippen LogP contribution < -0.4 is 14.8 Å². The fraction of sp³-hybridized carbons (Fsp3) is 0.278. The second-order valence-corrected chi connectivity index (χ2v) is 7.15. The van der Waals surface area contributed by atoms with E-state index in [1.807, 2.05) is 37.3 Å². The van der Waals surface area contributed by atoms with Crippen LogP contribution in [-0.2, 0) is 10.0 Å². The number of rotatable bonds is 7. The molecule has 2 aromatic rings. The first-order chi connectivity index (χ1) is 11.9. The van der Waals surface area contributed by atoms with Gasteiger partial charge in [0.1, 0.15) is 5.75 Å². The van der Waals surface area contributed by atoms with Crippen molar-refractivity contribution >= 4 is 15.9 Å². The van der Waals surface area contributed by atoms with Gasteiger partial charge in [0, 0.05) is 13.1 Å². The van der Waals surface area contributed by atoms with Crippen molar-refractivity contribution in [2.75, 3.05) is 14.2 Å². The first kappa shape index (κ1) is 19.0. The fourth-order valence-electron chi connectivity index (χ4n) is 2.49. The molecule has 0 bridgehead atoms. The van der Waals surface area contributed by atoms with E-state index in [1.54, 1.807) is 0 Å². The molecule has 0 aliphatic rings. The van der Waals surface area contributed by atoms with Crippen molar-refractivity contribution in [1.82, 2.24) is 10.0 Å². The van der Waals surface area contributed by atoms with Crippen LogP contribution in [0.1, 0.15) is 35.3 Å². The molecule has 0 aliphatic carbocycles. The molecule has 0 heterocycles. The van der Waals surface area contributed by atoms with Crippen LogP contribution in [-0.4, -0.2) is 28.5 Å². The van der Waals surface area contributed by atoms with E-state index in [1.165, 1.54) is 32.4 Å². The zero-order valence-electron chi connectivity index (χ0n) is 14.4. The highest BCUT2D eigenvalue weighted by atomic mass is 32.2. The monoisotopic (exact) mass is 362 g/mol. The standard InChI is InChI=1S/C18H22N2O4S/c1-4-16(13-8-6-5-7-9-13)20-25(22,23)14-10-11-17(24-3)15(12-14)18(21)19-2/h5-12,16,20H,4H2,1-3H3,(H,19,21)/t16-/m1/s1. The van der Waals surface area contributed by atoms with E-state index < -0.39 is 15.9 Å². The number of carbonyl (C=O) groups excluding carboxylic acids is 1. The number of carbonyl (C=O) groups is 1. The number of methoxy groups -OCH3 is 1. The van der Waals surface area contributed by atoms with E-state index in [-0.39, 0.29) is 16.5 Å². The van der Waals surface area contributed by atoms with Gasteiger partial charge in [0.25, 0.3) is 5.91 Å². The number of sulfonamides is 1. The highest BCUT2D eigenvalue weighted by Gasteiger charge is 2.23. The molecule has 0 spiro atoms. The molecule has 2 rings (SSSR count). The lowest BCUT2D eigenvalue weighted by Gasteiger charge is -2.18. The van der Waals surface area contributed by atoms with Crippen LogP contribution in [0.4, 0.5) is 0 Å². The summed E-state index contributed by atoms with van der Waals surface area (Å²) in [6.07, 6.45) is 0.599. The summed E-state index contributed by atoms with van der Waals surface area (Å²) in [7, 11) is -0.891. The van der Waals surface area contributed by atoms with Crippen LogP contribution in [0.2, 0.25) is 0 Å². The van der Waals surface area contributed by atoms with Crippen LogP contribution in [0.3, 0.4) is 0 Å². The SMILES string of the molecule is CC[C@@H](NS(=O)(=O)c1ccc(OC)c(C(=O)NC)c1)c1ccccc1. The first-order valence-electron chi connectivity index (χ1n) is 7.90. The van der Waals surface area contributed by atoms with Gasteiger partial charge in [-0.15, -0.1) is 0 Å². The van der Waals surface area contributed by atoms with Crippen LogP contribution in [0.25, 0.3) is 0 Å². The van der Waals surface area contributed by atoms with Crippen molar-refractivity contribution in [3.8, 4) is 5.75 Å². The van der Waals surface area contributed by atoms with Gasteiger partial charge in [0.05, 0.1) is 17.6 Å². The number of ether oxygens (including phenoxy) is 1. The van der Waals surface area contributed by atoms with Crippen molar-refractivity contribution in [3.63, 3.8) is 0 Å². The molecule has 0 unspecified atom stereocenters. The number of hydrogen-bond donors (Lipinski definition) is 2. The van der Waals surface area contributed by atoms with Gasteiger partial charge in [-0.25, -0.2) is 13.1 Å². The zero-order valence-corrected chi connectivity index (χ0v) is 15.3. The lowest BCUT2D eigenvalue weighted by molar-refractivity contribution is 0.0960. The van der Waals surface area contributed by atoms with Crippen LogP contribution in [0, 0.1) is 0 Å². The molecule has 0 fully saturated rings. The lowest BCUT2D eigenvalue weighted by atomic mass is 10.1. The Morgan fingerprint density at radius 1 is 1.16 bits per heavy atom. The molecule has 2 aromatic carbocycles. The van der Waals surface area contributed by atoms with Crippen molar-refractivity contribution in [1.29, 1.82) is 0 Å². The van der Waals surface area contributed by atoms with E-state index in [9.17, 15) is 13.2 Å². The molecule has 6 nitrogen and oxygen atoms in total. The van der Waals surface area contributed by atoms with Gasteiger partial charge in [-0.2, -0.15) is 0 Å². The molecular weight excluding hydrogens is 340 g/mol. The summed E-state index contributed by atoms with van der Waals surface area (Å²) in [6.45, 7) is 1.91. The van der Waals surface area contributed by atoms with Gasteiger partial charge in [-0.1, -0.05) is 37.3 Å². The van der Waals surface area contributed by atoms with E-state index in [4.69, 9.17) is 4.74 Å². The Morgan fingerprint density at radius 3 is 2.40 bits per heavy atom. The molecule has 1 atom stereocenters. The summed E-state index contributed by atoms with van der Waals surface area (Å²) in [5.74, 6) is -0.0996. The third-order valence-corrected chi connectivity index (χ3v) is 5.33. The highest BCUT2D eigenvalue weighted by molar-refractivity contribution is 7.89. The topological polar surface area (TPSA) is 84.5 Å². The molecule has 134 valence electrons. The molecule has 7 heteroatoms. The van der Waals surface area contributed by atoms with Crippen LogP contribution in [0.5, 0.6) is 5.75 Å². The predicted molar refractivity (Wildman–Crippen MR) is 96.2 cm³/mol. The third-order valence-electron chi connectivity index (χ3n) is 3.86. The Balaban J connectivity index is 2.37. The van der Waals surface area contributed by atoms with Gasteiger partial charge in [-0.05, 0) is 30.2 Å². The summed E-state index contributed by atoms with van der Waals surface area (Å²) >= 11 is 0. The molecular formula is C18H22N2O4S. The Labute approximate surface area is 148 Å². The Bertz CT molecular complexity index is 835. The first-order valence-corrected chi connectivity index (χ1v) is 9.38. The van der Waals surface area contributed by atoms with E-state index in [2.05, 4.69) is 10.0 Å². The van der Waals surface area contributed by atoms with Crippen LogP contribution in [0.15, 0.2) is 53.4 Å². The Morgan fingerprint density at radius 2 is 1.84 bits per heavy atom. The quantitative estimate of drug-likeness (QED) is 0.792. The second-order valence-electron chi connectivity index (χ2n) is 5.43. The van der Waals surface area contributed by atoms with Gasteiger partial charge in [0.2, 0.25) is 10.0 Å². The van der Waals surface area contributed by atoms with Gasteiger partial charge in [0.15, 0.2) is 0 Å². The minimum atomic E-state index is -3.79. The van der Waals surface area contributed by atoms with Gasteiger partial charge in [-0.3, -0.25) is 4.79 Å². The normalized spacial score (nSPS) is 12.4. The van der Waals surface area contributed by atoms with E-state index >= 15 is 0 Å². The van der Waals surface area contributed by atoms with Crippen LogP contribution >= 0.6 is 0 Å². The summed E-state index contributed by atoms with van der Waals surface area (Å²) in [6, 6.07) is 13.2. The molecule has 0 aliphatic heterocycles. The lowest BCUT2D eigenvalue weighted by Crippen LogP contribution is -2.29.